The zero-order valence-electron chi connectivity index (χ0n) is 13.0. The summed E-state index contributed by atoms with van der Waals surface area (Å²) in [6.07, 6.45) is 7.22. The molecule has 0 bridgehead atoms. The lowest BCUT2D eigenvalue weighted by molar-refractivity contribution is 0.537. The van der Waals surface area contributed by atoms with E-state index in [0.29, 0.717) is 0 Å². The van der Waals surface area contributed by atoms with Gasteiger partial charge in [-0.05, 0) is 27.2 Å². The van der Waals surface area contributed by atoms with Gasteiger partial charge in [0.25, 0.3) is 0 Å². The molecule has 1 rings (SSSR count). The first-order chi connectivity index (χ1) is 8.93. The van der Waals surface area contributed by atoms with Crippen molar-refractivity contribution in [2.75, 3.05) is 7.05 Å². The number of aromatic nitrogens is 2. The van der Waals surface area contributed by atoms with E-state index in [4.69, 9.17) is 0 Å². The third kappa shape index (κ3) is 3.16. The van der Waals surface area contributed by atoms with Crippen molar-refractivity contribution in [2.45, 2.75) is 34.1 Å². The third-order valence-corrected chi connectivity index (χ3v) is 3.50. The van der Waals surface area contributed by atoms with Gasteiger partial charge in [-0.1, -0.05) is 25.7 Å². The monoisotopic (exact) mass is 259 g/mol. The van der Waals surface area contributed by atoms with Gasteiger partial charge in [0.15, 0.2) is 0 Å². The summed E-state index contributed by atoms with van der Waals surface area (Å²) in [4.78, 5) is 6.51. The normalized spacial score (nSPS) is 12.7. The first-order valence-corrected chi connectivity index (χ1v) is 6.68. The highest BCUT2D eigenvalue weighted by molar-refractivity contribution is 5.75. The minimum atomic E-state index is 0.995. The number of imidazole rings is 1. The molecule has 0 aliphatic carbocycles. The second kappa shape index (κ2) is 6.41. The van der Waals surface area contributed by atoms with Crippen molar-refractivity contribution in [3.63, 3.8) is 0 Å². The zero-order chi connectivity index (χ0) is 14.6. The number of hydrogen-bond acceptors (Lipinski definition) is 2. The quantitative estimate of drug-likeness (QED) is 0.748. The summed E-state index contributed by atoms with van der Waals surface area (Å²) in [5.41, 5.74) is 4.40. The highest BCUT2D eigenvalue weighted by atomic mass is 15.1. The van der Waals surface area contributed by atoms with Crippen molar-refractivity contribution in [3.05, 3.63) is 47.8 Å². The average molecular weight is 259 g/mol. The molecule has 0 fully saturated rings. The zero-order valence-corrected chi connectivity index (χ0v) is 13.0. The Morgan fingerprint density at radius 3 is 2.58 bits per heavy atom. The Bertz CT molecular complexity index is 518. The van der Waals surface area contributed by atoms with Gasteiger partial charge < -0.3 is 9.47 Å². The van der Waals surface area contributed by atoms with Gasteiger partial charge in [-0.2, -0.15) is 0 Å². The molecule has 0 aliphatic heterocycles. The van der Waals surface area contributed by atoms with E-state index >= 15 is 0 Å². The van der Waals surface area contributed by atoms with Gasteiger partial charge in [-0.25, -0.2) is 4.98 Å². The van der Waals surface area contributed by atoms with Crippen molar-refractivity contribution in [3.8, 4) is 0 Å². The Morgan fingerprint density at radius 1 is 1.53 bits per heavy atom. The molecule has 1 aromatic heterocycles. The van der Waals surface area contributed by atoms with Crippen LogP contribution in [-0.2, 0) is 7.05 Å². The third-order valence-electron chi connectivity index (χ3n) is 3.50. The van der Waals surface area contributed by atoms with Gasteiger partial charge in [0, 0.05) is 31.1 Å². The summed E-state index contributed by atoms with van der Waals surface area (Å²) in [7, 11) is 4.09. The van der Waals surface area contributed by atoms with Crippen LogP contribution < -0.4 is 0 Å². The highest BCUT2D eigenvalue weighted by Gasteiger charge is 2.14. The minimum Gasteiger partial charge on any atom is -0.349 e. The molecule has 1 heterocycles. The topological polar surface area (TPSA) is 21.1 Å². The van der Waals surface area contributed by atoms with Crippen LogP contribution in [0.15, 0.2) is 36.3 Å². The molecule has 0 unspecified atom stereocenters. The number of nitrogens with zero attached hydrogens (tertiary/aromatic N) is 3. The van der Waals surface area contributed by atoms with Gasteiger partial charge in [0.1, 0.15) is 5.82 Å². The van der Waals surface area contributed by atoms with Crippen LogP contribution in [0.5, 0.6) is 0 Å². The maximum atomic E-state index is 4.34. The lowest BCUT2D eigenvalue weighted by atomic mass is 10.1. The summed E-state index contributed by atoms with van der Waals surface area (Å²) in [5.74, 6) is 0.995. The molecule has 19 heavy (non-hydrogen) atoms. The van der Waals surface area contributed by atoms with Crippen molar-refractivity contribution in [1.82, 2.24) is 14.5 Å². The summed E-state index contributed by atoms with van der Waals surface area (Å²) in [5, 5.41) is 0. The van der Waals surface area contributed by atoms with Crippen LogP contribution in [0.1, 0.15) is 38.7 Å². The number of aryl methyl sites for hydroxylation is 1. The largest absolute Gasteiger partial charge is 0.349 e. The summed E-state index contributed by atoms with van der Waals surface area (Å²) in [6, 6.07) is 0. The van der Waals surface area contributed by atoms with E-state index in [1.54, 1.807) is 0 Å². The fourth-order valence-corrected chi connectivity index (χ4v) is 2.11. The predicted octanol–water partition coefficient (Wildman–Crippen LogP) is 3.89. The second-order valence-corrected chi connectivity index (χ2v) is 4.71. The van der Waals surface area contributed by atoms with Crippen molar-refractivity contribution in [2.24, 2.45) is 7.05 Å². The van der Waals surface area contributed by atoms with Crippen LogP contribution in [-0.4, -0.2) is 21.5 Å². The molecule has 0 saturated heterocycles. The van der Waals surface area contributed by atoms with Crippen LogP contribution in [0.3, 0.4) is 0 Å². The Balaban J connectivity index is 3.09. The number of allylic oxidation sites excluding steroid dienone is 4. The molecular formula is C16H25N3. The van der Waals surface area contributed by atoms with Gasteiger partial charge in [-0.3, -0.25) is 0 Å². The lowest BCUT2D eigenvalue weighted by Crippen LogP contribution is -2.17. The Hall–Kier alpha value is -1.77. The molecule has 0 radical (unpaired) electrons. The fourth-order valence-electron chi connectivity index (χ4n) is 2.11. The van der Waals surface area contributed by atoms with Crippen LogP contribution in [0.4, 0.5) is 0 Å². The van der Waals surface area contributed by atoms with Crippen LogP contribution in [0.25, 0.3) is 5.57 Å². The van der Waals surface area contributed by atoms with Gasteiger partial charge in [0.2, 0.25) is 0 Å². The first-order valence-electron chi connectivity index (χ1n) is 6.68. The molecule has 0 saturated carbocycles. The van der Waals surface area contributed by atoms with Crippen LogP contribution in [0.2, 0.25) is 0 Å². The summed E-state index contributed by atoms with van der Waals surface area (Å²) >= 11 is 0. The molecule has 0 atom stereocenters. The van der Waals surface area contributed by atoms with E-state index in [0.717, 1.165) is 29.2 Å². The molecule has 3 nitrogen and oxygen atoms in total. The molecule has 0 amide bonds. The average Bonchev–Trinajstić information content (AvgIpc) is 2.71. The van der Waals surface area contributed by atoms with Crippen LogP contribution in [0, 0.1) is 6.92 Å². The second-order valence-electron chi connectivity index (χ2n) is 4.71. The summed E-state index contributed by atoms with van der Waals surface area (Å²) < 4.78 is 2.07. The van der Waals surface area contributed by atoms with E-state index in [9.17, 15) is 0 Å². The van der Waals surface area contributed by atoms with E-state index in [2.05, 4.69) is 54.1 Å². The van der Waals surface area contributed by atoms with Gasteiger partial charge >= 0.3 is 0 Å². The van der Waals surface area contributed by atoms with Crippen LogP contribution >= 0.6 is 0 Å². The Labute approximate surface area is 117 Å². The highest BCUT2D eigenvalue weighted by Crippen LogP contribution is 2.26. The lowest BCUT2D eigenvalue weighted by Gasteiger charge is -2.25. The molecule has 1 aromatic rings. The van der Waals surface area contributed by atoms with E-state index in [1.165, 1.54) is 5.70 Å². The van der Waals surface area contributed by atoms with Crippen molar-refractivity contribution < 1.29 is 0 Å². The minimum absolute atomic E-state index is 0.995. The predicted molar refractivity (Wildman–Crippen MR) is 82.5 cm³/mol. The summed E-state index contributed by atoms with van der Waals surface area (Å²) in [6.45, 7) is 12.5. The molecular weight excluding hydrogens is 234 g/mol. The number of hydrogen-bond donors (Lipinski definition) is 0. The Morgan fingerprint density at radius 2 is 2.16 bits per heavy atom. The van der Waals surface area contributed by atoms with E-state index in [-0.39, 0.29) is 0 Å². The fraction of sp³-hybridized carbons (Fsp3) is 0.438. The molecule has 0 aromatic carbocycles. The van der Waals surface area contributed by atoms with Gasteiger partial charge in [0.05, 0.1) is 11.9 Å². The Kier molecular flexibility index (Phi) is 5.16. The first kappa shape index (κ1) is 15.3. The molecule has 3 heteroatoms. The van der Waals surface area contributed by atoms with Crippen molar-refractivity contribution >= 4 is 5.57 Å². The van der Waals surface area contributed by atoms with Gasteiger partial charge in [-0.15, -0.1) is 0 Å². The number of rotatable bonds is 5. The number of likely N-dealkylation sites (N-methyl/N-ethyl adjacent to an activating group) is 1. The van der Waals surface area contributed by atoms with E-state index < -0.39 is 0 Å². The smallest absolute Gasteiger partial charge is 0.105 e. The molecule has 104 valence electrons. The maximum Gasteiger partial charge on any atom is 0.105 e. The maximum absolute atomic E-state index is 4.34. The van der Waals surface area contributed by atoms with E-state index in [1.807, 2.05) is 27.1 Å². The SMILES string of the molecule is C=C(/C(=C/C)N(C)/C(C)=C\CC)c1cnc(C)n1C. The standard InChI is InChI=1S/C16H25N3/c1-8-10-12(3)18(6)15(9-2)13(4)16-11-17-14(5)19(16)7/h9-11H,4,8H2,1-3,5-7H3/b12-10-,15-9-. The molecule has 0 spiro atoms. The molecule has 0 aliphatic rings. The van der Waals surface area contributed by atoms with Crippen molar-refractivity contribution in [1.29, 1.82) is 0 Å². The molecule has 0 N–H and O–H groups in total.